The minimum Gasteiger partial charge on any atom is -0.497 e. The summed E-state index contributed by atoms with van der Waals surface area (Å²) in [5.74, 6) is 1.32. The van der Waals surface area contributed by atoms with Crippen LogP contribution in [-0.4, -0.2) is 41.7 Å². The van der Waals surface area contributed by atoms with Gasteiger partial charge in [0.15, 0.2) is 0 Å². The van der Waals surface area contributed by atoms with E-state index in [-0.39, 0.29) is 23.6 Å². The lowest BCUT2D eigenvalue weighted by Crippen LogP contribution is -2.49. The topological polar surface area (TPSA) is 58.6 Å². The zero-order chi connectivity index (χ0) is 23.0. The number of amides is 2. The van der Waals surface area contributed by atoms with E-state index in [0.717, 1.165) is 16.9 Å². The van der Waals surface area contributed by atoms with Crippen molar-refractivity contribution < 1.29 is 14.3 Å². The lowest BCUT2D eigenvalue weighted by Gasteiger charge is -2.29. The second-order valence-electron chi connectivity index (χ2n) is 7.45. The Kier molecular flexibility index (Phi) is 10.0. The number of methoxy groups -OCH3 is 1. The molecule has 0 aliphatic carbocycles. The highest BCUT2D eigenvalue weighted by atomic mass is 35.5. The van der Waals surface area contributed by atoms with Crippen LogP contribution in [0.15, 0.2) is 42.5 Å². The SMILES string of the molecule is COc1ccc(CN(C(=O)CSCc2ccc(Cl)c(Cl)c2)[C@H](C)C(=O)NC(C)C)cc1. The first-order valence-corrected chi connectivity index (χ1v) is 11.9. The quantitative estimate of drug-likeness (QED) is 0.506. The van der Waals surface area contributed by atoms with E-state index in [0.29, 0.717) is 22.3 Å². The number of hydrogen-bond donors (Lipinski definition) is 1. The standard InChI is InChI=1S/C23H28Cl2N2O3S/c1-15(2)26-23(29)16(3)27(12-17-5-8-19(30-4)9-6-17)22(28)14-31-13-18-7-10-20(24)21(25)11-18/h5-11,15-16H,12-14H2,1-4H3,(H,26,29)/t16-/m1/s1. The molecule has 0 saturated heterocycles. The summed E-state index contributed by atoms with van der Waals surface area (Å²) in [6.45, 7) is 5.88. The molecule has 0 aliphatic heterocycles. The highest BCUT2D eigenvalue weighted by molar-refractivity contribution is 7.99. The van der Waals surface area contributed by atoms with Crippen molar-refractivity contribution in [1.29, 1.82) is 0 Å². The van der Waals surface area contributed by atoms with Crippen molar-refractivity contribution in [2.75, 3.05) is 12.9 Å². The molecular formula is C23H28Cl2N2O3S. The van der Waals surface area contributed by atoms with Gasteiger partial charge in [-0.2, -0.15) is 0 Å². The highest BCUT2D eigenvalue weighted by Crippen LogP contribution is 2.25. The number of hydrogen-bond acceptors (Lipinski definition) is 4. The molecule has 2 aromatic rings. The first-order chi connectivity index (χ1) is 14.7. The maximum atomic E-state index is 13.1. The molecule has 0 fully saturated rings. The van der Waals surface area contributed by atoms with Gasteiger partial charge < -0.3 is 15.0 Å². The van der Waals surface area contributed by atoms with Crippen molar-refractivity contribution in [1.82, 2.24) is 10.2 Å². The minimum atomic E-state index is -0.595. The molecule has 0 radical (unpaired) electrons. The van der Waals surface area contributed by atoms with E-state index in [9.17, 15) is 9.59 Å². The number of nitrogens with one attached hydrogen (secondary N) is 1. The molecule has 2 aromatic carbocycles. The normalized spacial score (nSPS) is 11.8. The van der Waals surface area contributed by atoms with Crippen LogP contribution in [0.25, 0.3) is 0 Å². The average molecular weight is 483 g/mol. The number of nitrogens with zero attached hydrogens (tertiary/aromatic N) is 1. The van der Waals surface area contributed by atoms with Gasteiger partial charge in [0.05, 0.1) is 22.9 Å². The predicted octanol–water partition coefficient (Wildman–Crippen LogP) is 5.18. The molecule has 1 N–H and O–H groups in total. The first-order valence-electron chi connectivity index (χ1n) is 9.95. The van der Waals surface area contributed by atoms with Gasteiger partial charge in [-0.15, -0.1) is 11.8 Å². The Hall–Kier alpha value is -1.89. The molecule has 0 unspecified atom stereocenters. The second kappa shape index (κ2) is 12.2. The van der Waals surface area contributed by atoms with Crippen LogP contribution in [0.4, 0.5) is 0 Å². The number of carbonyl (C=O) groups excluding carboxylic acids is 2. The van der Waals surface area contributed by atoms with E-state index in [2.05, 4.69) is 5.32 Å². The Morgan fingerprint density at radius 3 is 2.26 bits per heavy atom. The van der Waals surface area contributed by atoms with Crippen molar-refractivity contribution in [3.63, 3.8) is 0 Å². The van der Waals surface area contributed by atoms with Crippen molar-refractivity contribution >= 4 is 46.8 Å². The zero-order valence-electron chi connectivity index (χ0n) is 18.2. The summed E-state index contributed by atoms with van der Waals surface area (Å²) in [6, 6.07) is 12.3. The maximum Gasteiger partial charge on any atom is 0.242 e. The molecule has 1 atom stereocenters. The molecule has 0 bridgehead atoms. The van der Waals surface area contributed by atoms with Crippen molar-refractivity contribution in [3.05, 3.63) is 63.6 Å². The fourth-order valence-electron chi connectivity index (χ4n) is 2.88. The summed E-state index contributed by atoms with van der Waals surface area (Å²) in [5, 5.41) is 3.88. The summed E-state index contributed by atoms with van der Waals surface area (Å²) < 4.78 is 5.20. The maximum absolute atomic E-state index is 13.1. The fourth-order valence-corrected chi connectivity index (χ4v) is 4.06. The van der Waals surface area contributed by atoms with Crippen LogP contribution in [0, 0.1) is 0 Å². The molecular weight excluding hydrogens is 455 g/mol. The Bertz CT molecular complexity index is 891. The lowest BCUT2D eigenvalue weighted by atomic mass is 10.1. The van der Waals surface area contributed by atoms with Gasteiger partial charge in [-0.25, -0.2) is 0 Å². The Morgan fingerprint density at radius 1 is 1.03 bits per heavy atom. The molecule has 0 saturated carbocycles. The summed E-state index contributed by atoms with van der Waals surface area (Å²) >= 11 is 13.5. The fraction of sp³-hybridized carbons (Fsp3) is 0.391. The van der Waals surface area contributed by atoms with Gasteiger partial charge in [-0.05, 0) is 56.2 Å². The third-order valence-corrected chi connectivity index (χ3v) is 6.32. The second-order valence-corrected chi connectivity index (χ2v) is 9.25. The highest BCUT2D eigenvalue weighted by Gasteiger charge is 2.26. The van der Waals surface area contributed by atoms with Crippen molar-refractivity contribution in [2.45, 2.75) is 45.2 Å². The van der Waals surface area contributed by atoms with Gasteiger partial charge in [0, 0.05) is 18.3 Å². The van der Waals surface area contributed by atoms with Gasteiger partial charge >= 0.3 is 0 Å². The molecule has 0 aliphatic rings. The largest absolute Gasteiger partial charge is 0.497 e. The van der Waals surface area contributed by atoms with E-state index in [1.807, 2.05) is 44.2 Å². The van der Waals surface area contributed by atoms with Crippen LogP contribution in [-0.2, 0) is 21.9 Å². The summed E-state index contributed by atoms with van der Waals surface area (Å²) in [7, 11) is 1.61. The summed E-state index contributed by atoms with van der Waals surface area (Å²) in [6.07, 6.45) is 0. The van der Waals surface area contributed by atoms with Crippen LogP contribution in [0.3, 0.4) is 0 Å². The van der Waals surface area contributed by atoms with Gasteiger partial charge in [-0.1, -0.05) is 41.4 Å². The Labute approximate surface area is 198 Å². The van der Waals surface area contributed by atoms with Gasteiger partial charge in [0.2, 0.25) is 11.8 Å². The van der Waals surface area contributed by atoms with Crippen LogP contribution in [0.5, 0.6) is 5.75 Å². The van der Waals surface area contributed by atoms with Crippen LogP contribution in [0.2, 0.25) is 10.0 Å². The number of ether oxygens (including phenoxy) is 1. The molecule has 0 aromatic heterocycles. The van der Waals surface area contributed by atoms with E-state index in [1.54, 1.807) is 31.1 Å². The zero-order valence-corrected chi connectivity index (χ0v) is 20.5. The monoisotopic (exact) mass is 482 g/mol. The number of halogens is 2. The minimum absolute atomic E-state index is 0.00285. The van der Waals surface area contributed by atoms with Gasteiger partial charge in [0.25, 0.3) is 0 Å². The van der Waals surface area contributed by atoms with E-state index < -0.39 is 6.04 Å². The Morgan fingerprint density at radius 2 is 1.68 bits per heavy atom. The molecule has 8 heteroatoms. The molecule has 5 nitrogen and oxygen atoms in total. The van der Waals surface area contributed by atoms with Gasteiger partial charge in [-0.3, -0.25) is 9.59 Å². The molecule has 2 rings (SSSR count). The molecule has 31 heavy (non-hydrogen) atoms. The van der Waals surface area contributed by atoms with Crippen LogP contribution in [0.1, 0.15) is 31.9 Å². The van der Waals surface area contributed by atoms with Crippen LogP contribution < -0.4 is 10.1 Å². The number of benzene rings is 2. The lowest BCUT2D eigenvalue weighted by molar-refractivity contribution is -0.138. The average Bonchev–Trinajstić information content (AvgIpc) is 2.73. The van der Waals surface area contributed by atoms with Crippen molar-refractivity contribution in [2.24, 2.45) is 0 Å². The van der Waals surface area contributed by atoms with E-state index in [1.165, 1.54) is 11.8 Å². The summed E-state index contributed by atoms with van der Waals surface area (Å²) in [5.41, 5.74) is 1.91. The Balaban J connectivity index is 2.08. The number of rotatable bonds is 10. The smallest absolute Gasteiger partial charge is 0.242 e. The first kappa shape index (κ1) is 25.4. The predicted molar refractivity (Wildman–Crippen MR) is 129 cm³/mol. The van der Waals surface area contributed by atoms with Crippen LogP contribution >= 0.6 is 35.0 Å². The molecule has 2 amide bonds. The van der Waals surface area contributed by atoms with E-state index >= 15 is 0 Å². The molecule has 0 spiro atoms. The number of thioether (sulfide) groups is 1. The third-order valence-electron chi connectivity index (χ3n) is 4.59. The third kappa shape index (κ3) is 7.95. The summed E-state index contributed by atoms with van der Waals surface area (Å²) in [4.78, 5) is 27.3. The number of carbonyl (C=O) groups is 2. The van der Waals surface area contributed by atoms with Crippen molar-refractivity contribution in [3.8, 4) is 5.75 Å². The molecule has 168 valence electrons. The van der Waals surface area contributed by atoms with E-state index in [4.69, 9.17) is 27.9 Å². The van der Waals surface area contributed by atoms with Gasteiger partial charge in [0.1, 0.15) is 11.8 Å². The molecule has 0 heterocycles.